The molecule has 12 nitrogen and oxygen atoms in total. The first-order valence-corrected chi connectivity index (χ1v) is 16.4. The molecule has 1 saturated heterocycles. The van der Waals surface area contributed by atoms with E-state index in [9.17, 15) is 24.3 Å². The summed E-state index contributed by atoms with van der Waals surface area (Å²) < 4.78 is 5.43. The highest BCUT2D eigenvalue weighted by Gasteiger charge is 2.41. The number of carbonyl (C=O) groups excluding carboxylic acids is 4. The maximum absolute atomic E-state index is 14.0. The molecular weight excluding hydrogens is 588 g/mol. The summed E-state index contributed by atoms with van der Waals surface area (Å²) in [6.07, 6.45) is 7.95. The smallest absolute Gasteiger partial charge is 0.408 e. The molecule has 1 aliphatic heterocycles. The molecule has 2 aliphatic rings. The highest BCUT2D eigenvalue weighted by atomic mass is 16.6. The normalized spacial score (nSPS) is 20.0. The van der Waals surface area contributed by atoms with Crippen molar-refractivity contribution in [3.8, 4) is 0 Å². The molecule has 0 radical (unpaired) electrons. The number of alkyl carbamates (subject to hydrolysis) is 1. The first-order chi connectivity index (χ1) is 21.9. The summed E-state index contributed by atoms with van der Waals surface area (Å²) in [5.74, 6) is -1.47. The van der Waals surface area contributed by atoms with E-state index in [-0.39, 0.29) is 18.7 Å². The molecule has 4 rings (SSSR count). The van der Waals surface area contributed by atoms with Crippen molar-refractivity contribution in [1.29, 1.82) is 0 Å². The van der Waals surface area contributed by atoms with Gasteiger partial charge in [0.1, 0.15) is 17.7 Å². The molecule has 1 aromatic heterocycles. The lowest BCUT2D eigenvalue weighted by atomic mass is 9.81. The zero-order valence-corrected chi connectivity index (χ0v) is 27.5. The average Bonchev–Trinajstić information content (AvgIpc) is 3.65. The summed E-state index contributed by atoms with van der Waals surface area (Å²) in [5, 5.41) is 20.1. The quantitative estimate of drug-likeness (QED) is 0.225. The van der Waals surface area contributed by atoms with Crippen molar-refractivity contribution in [2.75, 3.05) is 13.6 Å². The summed E-state index contributed by atoms with van der Waals surface area (Å²) in [4.78, 5) is 62.1. The van der Waals surface area contributed by atoms with E-state index < -0.39 is 53.7 Å². The van der Waals surface area contributed by atoms with Crippen molar-refractivity contribution < 1.29 is 29.0 Å². The number of aliphatic hydroxyl groups is 1. The van der Waals surface area contributed by atoms with E-state index in [1.54, 1.807) is 38.9 Å². The lowest BCUT2D eigenvalue weighted by molar-refractivity contribution is -0.135. The van der Waals surface area contributed by atoms with Gasteiger partial charge in [-0.05, 0) is 45.1 Å². The first-order valence-electron chi connectivity index (χ1n) is 16.4. The third kappa shape index (κ3) is 10.3. The van der Waals surface area contributed by atoms with E-state index in [0.717, 1.165) is 31.2 Å². The second-order valence-electron chi connectivity index (χ2n) is 13.7. The number of aromatic amines is 1. The van der Waals surface area contributed by atoms with Gasteiger partial charge in [-0.15, -0.1) is 0 Å². The van der Waals surface area contributed by atoms with Crippen LogP contribution in [-0.4, -0.2) is 87.2 Å². The number of aliphatic hydroxyl groups excluding tert-OH is 1. The molecule has 1 aliphatic carbocycles. The van der Waals surface area contributed by atoms with Gasteiger partial charge >= 0.3 is 6.09 Å². The average molecular weight is 639 g/mol. The molecule has 12 heteroatoms. The number of benzene rings is 1. The van der Waals surface area contributed by atoms with Gasteiger partial charge in [-0.1, -0.05) is 62.4 Å². The van der Waals surface area contributed by atoms with Crippen molar-refractivity contribution in [1.82, 2.24) is 30.8 Å². The Morgan fingerprint density at radius 3 is 2.28 bits per heavy atom. The predicted octanol–water partition coefficient (Wildman–Crippen LogP) is 2.87. The fourth-order valence-corrected chi connectivity index (χ4v) is 6.40. The van der Waals surface area contributed by atoms with Gasteiger partial charge in [0.05, 0.1) is 24.4 Å². The minimum Gasteiger partial charge on any atom is -0.444 e. The van der Waals surface area contributed by atoms with Crippen LogP contribution in [0.3, 0.4) is 0 Å². The lowest BCUT2D eigenvalue weighted by Crippen LogP contribution is -2.58. The lowest BCUT2D eigenvalue weighted by Gasteiger charge is -2.33. The summed E-state index contributed by atoms with van der Waals surface area (Å²) in [7, 11) is 1.72. The summed E-state index contributed by atoms with van der Waals surface area (Å²) in [6, 6.07) is 6.49. The second-order valence-corrected chi connectivity index (χ2v) is 13.7. The number of carbonyl (C=O) groups is 4. The summed E-state index contributed by atoms with van der Waals surface area (Å²) in [6.45, 7) is 5.76. The molecule has 0 spiro atoms. The number of imidazole rings is 1. The van der Waals surface area contributed by atoms with Gasteiger partial charge in [0.25, 0.3) is 0 Å². The van der Waals surface area contributed by atoms with Gasteiger partial charge < -0.3 is 35.7 Å². The third-order valence-electron chi connectivity index (χ3n) is 8.84. The highest BCUT2D eigenvalue weighted by Crippen LogP contribution is 2.31. The first kappa shape index (κ1) is 34.9. The Morgan fingerprint density at radius 1 is 1.00 bits per heavy atom. The zero-order valence-electron chi connectivity index (χ0n) is 27.5. The Bertz CT molecular complexity index is 1290. The molecule has 1 aromatic carbocycles. The van der Waals surface area contributed by atoms with E-state index in [1.807, 2.05) is 30.3 Å². The Kier molecular flexibility index (Phi) is 12.2. The van der Waals surface area contributed by atoms with Crippen LogP contribution in [0.2, 0.25) is 0 Å². The topological polar surface area (TPSA) is 166 Å². The number of aromatic nitrogens is 2. The third-order valence-corrected chi connectivity index (χ3v) is 8.84. The van der Waals surface area contributed by atoms with Crippen LogP contribution >= 0.6 is 0 Å². The van der Waals surface area contributed by atoms with Gasteiger partial charge in [0.2, 0.25) is 17.7 Å². The number of hydrogen-bond acceptors (Lipinski definition) is 7. The highest BCUT2D eigenvalue weighted by molar-refractivity contribution is 5.92. The molecule has 252 valence electrons. The maximum Gasteiger partial charge on any atom is 0.408 e. The van der Waals surface area contributed by atoms with E-state index >= 15 is 0 Å². The fourth-order valence-electron chi connectivity index (χ4n) is 6.40. The van der Waals surface area contributed by atoms with Crippen LogP contribution in [0.5, 0.6) is 0 Å². The number of H-pyrrole nitrogens is 1. The zero-order chi connectivity index (χ0) is 33.3. The van der Waals surface area contributed by atoms with Gasteiger partial charge in [-0.2, -0.15) is 0 Å². The molecule has 2 aromatic rings. The SMILES string of the molecule is CN1CCC([C@@H](O)[C@@H](CC2CCCCC2)NC(=O)[C@H](Cc2cnc[nH]2)NC(=O)[C@H](Cc2ccccc2)NC(=O)OC(C)(C)C)C1=O. The number of nitrogens with zero attached hydrogens (tertiary/aromatic N) is 2. The monoisotopic (exact) mass is 638 g/mol. The van der Waals surface area contributed by atoms with Crippen LogP contribution in [0.25, 0.3) is 0 Å². The van der Waals surface area contributed by atoms with Gasteiger partial charge in [-0.25, -0.2) is 9.78 Å². The molecule has 46 heavy (non-hydrogen) atoms. The number of likely N-dealkylation sites (tertiary alicyclic amines) is 1. The van der Waals surface area contributed by atoms with Crippen LogP contribution in [-0.2, 0) is 32.0 Å². The van der Waals surface area contributed by atoms with Crippen LogP contribution in [0.4, 0.5) is 4.79 Å². The van der Waals surface area contributed by atoms with E-state index in [0.29, 0.717) is 31.0 Å². The van der Waals surface area contributed by atoms with Crippen molar-refractivity contribution in [3.63, 3.8) is 0 Å². The molecule has 2 fully saturated rings. The second kappa shape index (κ2) is 16.1. The summed E-state index contributed by atoms with van der Waals surface area (Å²) >= 11 is 0. The molecule has 1 unspecified atom stereocenters. The summed E-state index contributed by atoms with van der Waals surface area (Å²) in [5.41, 5.74) is 0.664. The van der Waals surface area contributed by atoms with Crippen LogP contribution in [0, 0.1) is 11.8 Å². The molecular formula is C34H50N6O6. The van der Waals surface area contributed by atoms with E-state index in [2.05, 4.69) is 25.9 Å². The van der Waals surface area contributed by atoms with Crippen molar-refractivity contribution in [2.24, 2.45) is 11.8 Å². The minimum atomic E-state index is -1.06. The van der Waals surface area contributed by atoms with Crippen LogP contribution in [0.1, 0.15) is 77.0 Å². The number of nitrogens with one attached hydrogen (secondary N) is 4. The maximum atomic E-state index is 14.0. The standard InChI is InChI=1S/C34H50N6O6/c1-34(2,3)46-33(45)39-27(18-23-13-9-6-10-14-23)30(42)38-28(19-24-20-35-21-36-24)31(43)37-26(17-22-11-7-5-8-12-22)29(41)25-15-16-40(4)32(25)44/h6,9-10,13-14,20-22,25-29,41H,5,7-8,11-12,15-19H2,1-4H3,(H,35,36)(H,37,43)(H,38,42)(H,39,45)/t25?,26-,27+,28+,29-/m1/s1. The van der Waals surface area contributed by atoms with Crippen molar-refractivity contribution >= 4 is 23.8 Å². The Morgan fingerprint density at radius 2 is 1.67 bits per heavy atom. The molecule has 1 saturated carbocycles. The largest absolute Gasteiger partial charge is 0.444 e. The van der Waals surface area contributed by atoms with Crippen molar-refractivity contribution in [3.05, 3.63) is 54.1 Å². The number of hydrogen-bond donors (Lipinski definition) is 5. The molecule has 4 amide bonds. The van der Waals surface area contributed by atoms with E-state index in [1.165, 1.54) is 12.7 Å². The van der Waals surface area contributed by atoms with E-state index in [4.69, 9.17) is 4.74 Å². The predicted molar refractivity (Wildman–Crippen MR) is 172 cm³/mol. The number of rotatable bonds is 13. The van der Waals surface area contributed by atoms with Gasteiger partial charge in [0.15, 0.2) is 0 Å². The Hall–Kier alpha value is -3.93. The fraction of sp³-hybridized carbons (Fsp3) is 0.618. The Labute approximate surface area is 271 Å². The molecule has 5 N–H and O–H groups in total. The molecule has 2 heterocycles. The Balaban J connectivity index is 1.55. The number of amides is 4. The van der Waals surface area contributed by atoms with Gasteiger partial charge in [0, 0.05) is 38.3 Å². The van der Waals surface area contributed by atoms with Crippen LogP contribution in [0.15, 0.2) is 42.9 Å². The molecule has 5 atom stereocenters. The van der Waals surface area contributed by atoms with Crippen LogP contribution < -0.4 is 16.0 Å². The van der Waals surface area contributed by atoms with Gasteiger partial charge in [-0.3, -0.25) is 14.4 Å². The number of ether oxygens (including phenoxy) is 1. The minimum absolute atomic E-state index is 0.0966. The van der Waals surface area contributed by atoms with Crippen molar-refractivity contribution in [2.45, 2.75) is 108 Å². The molecule has 0 bridgehead atoms.